The van der Waals surface area contributed by atoms with Crippen LogP contribution in [0.15, 0.2) is 18.2 Å². The van der Waals surface area contributed by atoms with Crippen LogP contribution >= 0.6 is 0 Å². The van der Waals surface area contributed by atoms with Crippen LogP contribution in [-0.4, -0.2) is 35.1 Å². The molecule has 2 N–H and O–H groups in total. The minimum atomic E-state index is -0.916. The predicted octanol–water partition coefficient (Wildman–Crippen LogP) is 1.68. The molecule has 1 aromatic carbocycles. The Hall–Kier alpha value is -2.11. The maximum absolute atomic E-state index is 13.5. The van der Waals surface area contributed by atoms with E-state index in [9.17, 15) is 14.0 Å². The lowest BCUT2D eigenvalue weighted by atomic mass is 10.0. The van der Waals surface area contributed by atoms with Crippen LogP contribution in [0.2, 0.25) is 0 Å². The van der Waals surface area contributed by atoms with Crippen LogP contribution in [0.1, 0.15) is 5.56 Å². The molecule has 0 saturated carbocycles. The van der Waals surface area contributed by atoms with Crippen molar-refractivity contribution in [3.63, 3.8) is 0 Å². The number of para-hydroxylation sites is 1. The van der Waals surface area contributed by atoms with Crippen LogP contribution in [0.25, 0.3) is 0 Å². The predicted molar refractivity (Wildman–Crippen MR) is 62.9 cm³/mol. The van der Waals surface area contributed by atoms with E-state index in [0.29, 0.717) is 5.56 Å². The first kappa shape index (κ1) is 12.3. The second-order valence-electron chi connectivity index (χ2n) is 4.30. The van der Waals surface area contributed by atoms with Gasteiger partial charge >= 0.3 is 12.0 Å². The number of aliphatic carboxylic acids is 1. The summed E-state index contributed by atoms with van der Waals surface area (Å²) in [5.74, 6) is -1.93. The molecule has 0 unspecified atom stereocenters. The number of carboxylic acids is 1. The Kier molecular flexibility index (Phi) is 3.18. The first-order valence-corrected chi connectivity index (χ1v) is 5.53. The zero-order chi connectivity index (χ0) is 13.3. The topological polar surface area (TPSA) is 69.6 Å². The Bertz CT molecular complexity index is 478. The average molecular weight is 252 g/mol. The van der Waals surface area contributed by atoms with Crippen LogP contribution in [0.4, 0.5) is 14.9 Å². The number of carbonyl (C=O) groups is 2. The third-order valence-corrected chi connectivity index (χ3v) is 2.97. The number of benzene rings is 1. The third kappa shape index (κ3) is 2.27. The van der Waals surface area contributed by atoms with Crippen LogP contribution in [0.5, 0.6) is 0 Å². The first-order chi connectivity index (χ1) is 8.49. The number of hydrogen-bond donors (Lipinski definition) is 2. The zero-order valence-corrected chi connectivity index (χ0v) is 9.81. The molecular weight excluding hydrogens is 239 g/mol. The fraction of sp³-hybridized carbons (Fsp3) is 0.333. The van der Waals surface area contributed by atoms with Gasteiger partial charge in [0.2, 0.25) is 0 Å². The van der Waals surface area contributed by atoms with Crippen molar-refractivity contribution in [3.05, 3.63) is 29.6 Å². The molecule has 0 aliphatic carbocycles. The second kappa shape index (κ2) is 4.64. The molecule has 96 valence electrons. The Morgan fingerprint density at radius 1 is 1.44 bits per heavy atom. The maximum atomic E-state index is 13.5. The van der Waals surface area contributed by atoms with Gasteiger partial charge in [0.15, 0.2) is 0 Å². The number of carboxylic acid groups (broad SMARTS) is 1. The molecule has 0 bridgehead atoms. The van der Waals surface area contributed by atoms with Gasteiger partial charge in [0.25, 0.3) is 0 Å². The van der Waals surface area contributed by atoms with Crippen molar-refractivity contribution in [1.82, 2.24) is 4.90 Å². The van der Waals surface area contributed by atoms with Gasteiger partial charge in [-0.2, -0.15) is 0 Å². The largest absolute Gasteiger partial charge is 0.481 e. The van der Waals surface area contributed by atoms with Gasteiger partial charge in [-0.05, 0) is 18.6 Å². The quantitative estimate of drug-likeness (QED) is 0.841. The Morgan fingerprint density at radius 2 is 2.11 bits per heavy atom. The summed E-state index contributed by atoms with van der Waals surface area (Å²) < 4.78 is 13.5. The van der Waals surface area contributed by atoms with Gasteiger partial charge in [0.05, 0.1) is 11.6 Å². The second-order valence-corrected chi connectivity index (χ2v) is 4.30. The summed E-state index contributed by atoms with van der Waals surface area (Å²) in [5, 5.41) is 11.2. The standard InChI is InChI=1S/C12H13FN2O3/c1-7-3-2-4-9(13)10(7)14-12(18)15-5-8(6-15)11(16)17/h2-4,8H,5-6H2,1H3,(H,14,18)(H,16,17). The van der Waals surface area contributed by atoms with Gasteiger partial charge in [-0.25, -0.2) is 9.18 Å². The summed E-state index contributed by atoms with van der Waals surface area (Å²) in [6.45, 7) is 2.01. The zero-order valence-electron chi connectivity index (χ0n) is 9.81. The molecule has 1 aliphatic rings. The average Bonchev–Trinajstić information content (AvgIpc) is 2.21. The number of nitrogens with zero attached hydrogens (tertiary/aromatic N) is 1. The molecule has 0 aromatic heterocycles. The highest BCUT2D eigenvalue weighted by molar-refractivity contribution is 5.91. The molecule has 2 rings (SSSR count). The molecule has 2 amide bonds. The lowest BCUT2D eigenvalue weighted by Crippen LogP contribution is -2.54. The van der Waals surface area contributed by atoms with Crippen molar-refractivity contribution < 1.29 is 19.1 Å². The molecule has 5 nitrogen and oxygen atoms in total. The number of hydrogen-bond acceptors (Lipinski definition) is 2. The molecule has 6 heteroatoms. The molecule has 0 radical (unpaired) electrons. The fourth-order valence-electron chi connectivity index (χ4n) is 1.78. The van der Waals surface area contributed by atoms with E-state index in [4.69, 9.17) is 5.11 Å². The van der Waals surface area contributed by atoms with Crippen LogP contribution < -0.4 is 5.32 Å². The molecule has 0 spiro atoms. The van der Waals surface area contributed by atoms with Crippen LogP contribution in [-0.2, 0) is 4.79 Å². The number of amides is 2. The number of aryl methyl sites for hydroxylation is 1. The lowest BCUT2D eigenvalue weighted by molar-refractivity contribution is -0.145. The van der Waals surface area contributed by atoms with Crippen molar-refractivity contribution in [1.29, 1.82) is 0 Å². The van der Waals surface area contributed by atoms with E-state index in [1.807, 2.05) is 0 Å². The van der Waals surface area contributed by atoms with Gasteiger partial charge in [-0.1, -0.05) is 12.1 Å². The normalized spacial score (nSPS) is 15.1. The van der Waals surface area contributed by atoms with Crippen molar-refractivity contribution >= 4 is 17.7 Å². The van der Waals surface area contributed by atoms with E-state index in [1.54, 1.807) is 19.1 Å². The third-order valence-electron chi connectivity index (χ3n) is 2.97. The molecule has 18 heavy (non-hydrogen) atoms. The van der Waals surface area contributed by atoms with Crippen LogP contribution in [0, 0.1) is 18.7 Å². The van der Waals surface area contributed by atoms with Gasteiger partial charge in [0, 0.05) is 13.1 Å². The molecule has 1 aliphatic heterocycles. The molecule has 1 heterocycles. The summed E-state index contributed by atoms with van der Waals surface area (Å²) in [5.41, 5.74) is 0.764. The van der Waals surface area contributed by atoms with E-state index in [1.165, 1.54) is 11.0 Å². The molecule has 1 saturated heterocycles. The van der Waals surface area contributed by atoms with Crippen LogP contribution in [0.3, 0.4) is 0 Å². The van der Waals surface area contributed by atoms with Gasteiger partial charge in [0.1, 0.15) is 5.82 Å². The monoisotopic (exact) mass is 252 g/mol. The highest BCUT2D eigenvalue weighted by Gasteiger charge is 2.35. The summed E-state index contributed by atoms with van der Waals surface area (Å²) in [6, 6.07) is 4.04. The van der Waals surface area contributed by atoms with Crippen molar-refractivity contribution in [2.24, 2.45) is 5.92 Å². The molecular formula is C12H13FN2O3. The number of anilines is 1. The van der Waals surface area contributed by atoms with Crippen molar-refractivity contribution in [3.8, 4) is 0 Å². The summed E-state index contributed by atoms with van der Waals surface area (Å²) >= 11 is 0. The maximum Gasteiger partial charge on any atom is 0.321 e. The number of carbonyl (C=O) groups excluding carboxylic acids is 1. The van der Waals surface area contributed by atoms with Gasteiger partial charge in [-0.15, -0.1) is 0 Å². The Balaban J connectivity index is 1.99. The number of nitrogens with one attached hydrogen (secondary N) is 1. The Morgan fingerprint density at radius 3 is 2.67 bits per heavy atom. The minimum absolute atomic E-state index is 0.140. The van der Waals surface area contributed by atoms with Gasteiger partial charge in [-0.3, -0.25) is 4.79 Å². The molecule has 1 fully saturated rings. The summed E-state index contributed by atoms with van der Waals surface area (Å²) in [6.07, 6.45) is 0. The van der Waals surface area contributed by atoms with Crippen molar-refractivity contribution in [2.75, 3.05) is 18.4 Å². The number of rotatable bonds is 2. The SMILES string of the molecule is Cc1cccc(F)c1NC(=O)N1CC(C(=O)O)C1. The van der Waals surface area contributed by atoms with E-state index < -0.39 is 23.7 Å². The van der Waals surface area contributed by atoms with E-state index >= 15 is 0 Å². The highest BCUT2D eigenvalue weighted by Crippen LogP contribution is 2.21. The Labute approximate surface area is 103 Å². The van der Waals surface area contributed by atoms with Gasteiger partial charge < -0.3 is 15.3 Å². The smallest absolute Gasteiger partial charge is 0.321 e. The minimum Gasteiger partial charge on any atom is -0.481 e. The lowest BCUT2D eigenvalue weighted by Gasteiger charge is -2.36. The van der Waals surface area contributed by atoms with E-state index in [2.05, 4.69) is 5.32 Å². The number of halogens is 1. The summed E-state index contributed by atoms with van der Waals surface area (Å²) in [7, 11) is 0. The first-order valence-electron chi connectivity index (χ1n) is 5.53. The van der Waals surface area contributed by atoms with E-state index in [0.717, 1.165) is 0 Å². The van der Waals surface area contributed by atoms with Crippen molar-refractivity contribution in [2.45, 2.75) is 6.92 Å². The number of urea groups is 1. The number of likely N-dealkylation sites (tertiary alicyclic amines) is 1. The molecule has 1 aromatic rings. The van der Waals surface area contributed by atoms with E-state index in [-0.39, 0.29) is 18.8 Å². The highest BCUT2D eigenvalue weighted by atomic mass is 19.1. The molecule has 0 atom stereocenters. The fourth-order valence-corrected chi connectivity index (χ4v) is 1.78. The summed E-state index contributed by atoms with van der Waals surface area (Å²) in [4.78, 5) is 23.7.